The molecule has 0 aromatic rings. The van der Waals surface area contributed by atoms with Crippen LogP contribution >= 0.6 is 0 Å². The molecule has 0 amide bonds. The van der Waals surface area contributed by atoms with Crippen LogP contribution in [0.5, 0.6) is 0 Å². The molecule has 2 atom stereocenters. The molecule has 13 heavy (non-hydrogen) atoms. The minimum atomic E-state index is -0.0238. The first-order valence-electron chi connectivity index (χ1n) is 5.78. The van der Waals surface area contributed by atoms with Gasteiger partial charge in [0.2, 0.25) is 0 Å². The van der Waals surface area contributed by atoms with Gasteiger partial charge in [0, 0.05) is 6.04 Å². The van der Waals surface area contributed by atoms with E-state index in [9.17, 15) is 5.11 Å². The third kappa shape index (κ3) is 2.44. The number of hydrogen-bond acceptors (Lipinski definition) is 2. The van der Waals surface area contributed by atoms with Crippen molar-refractivity contribution < 1.29 is 5.11 Å². The van der Waals surface area contributed by atoms with Gasteiger partial charge in [-0.2, -0.15) is 0 Å². The highest BCUT2D eigenvalue weighted by molar-refractivity contribution is 4.82. The Hall–Kier alpha value is -0.0800. The minimum Gasteiger partial charge on any atom is -0.393 e. The summed E-state index contributed by atoms with van der Waals surface area (Å²) in [5.41, 5.74) is 0. The highest BCUT2D eigenvalue weighted by Crippen LogP contribution is 2.31. The van der Waals surface area contributed by atoms with Crippen LogP contribution in [0, 0.1) is 5.92 Å². The van der Waals surface area contributed by atoms with Gasteiger partial charge in [0.15, 0.2) is 0 Å². The Balaban J connectivity index is 1.69. The van der Waals surface area contributed by atoms with Crippen LogP contribution in [0.2, 0.25) is 0 Å². The minimum absolute atomic E-state index is 0.0238. The van der Waals surface area contributed by atoms with Crippen molar-refractivity contribution in [2.45, 2.75) is 57.1 Å². The third-order valence-electron chi connectivity index (χ3n) is 3.63. The molecule has 0 spiro atoms. The number of aliphatic hydroxyl groups is 1. The highest BCUT2D eigenvalue weighted by atomic mass is 16.3. The van der Waals surface area contributed by atoms with Gasteiger partial charge in [0.05, 0.1) is 6.10 Å². The number of hydrogen-bond donors (Lipinski definition) is 2. The van der Waals surface area contributed by atoms with Gasteiger partial charge in [-0.15, -0.1) is 0 Å². The molecule has 2 heteroatoms. The second kappa shape index (κ2) is 4.43. The summed E-state index contributed by atoms with van der Waals surface area (Å²) >= 11 is 0. The van der Waals surface area contributed by atoms with E-state index in [1.54, 1.807) is 0 Å². The van der Waals surface area contributed by atoms with Crippen LogP contribution in [-0.2, 0) is 0 Å². The van der Waals surface area contributed by atoms with Crippen LogP contribution in [-0.4, -0.2) is 23.8 Å². The summed E-state index contributed by atoms with van der Waals surface area (Å²) in [6.07, 6.45) is 8.74. The molecule has 2 nitrogen and oxygen atoms in total. The average molecular weight is 183 g/mol. The van der Waals surface area contributed by atoms with Crippen molar-refractivity contribution in [3.8, 4) is 0 Å². The van der Waals surface area contributed by atoms with Gasteiger partial charge >= 0.3 is 0 Å². The quantitative estimate of drug-likeness (QED) is 0.697. The summed E-state index contributed by atoms with van der Waals surface area (Å²) in [4.78, 5) is 0. The molecule has 2 fully saturated rings. The molecule has 2 aliphatic rings. The van der Waals surface area contributed by atoms with Crippen molar-refractivity contribution in [1.82, 2.24) is 5.32 Å². The summed E-state index contributed by atoms with van der Waals surface area (Å²) in [6.45, 7) is 1.15. The van der Waals surface area contributed by atoms with Gasteiger partial charge < -0.3 is 10.4 Å². The van der Waals surface area contributed by atoms with E-state index in [1.807, 2.05) is 0 Å². The molecule has 0 bridgehead atoms. The first kappa shape index (κ1) is 9.47. The monoisotopic (exact) mass is 183 g/mol. The van der Waals surface area contributed by atoms with Crippen LogP contribution in [0.1, 0.15) is 44.9 Å². The van der Waals surface area contributed by atoms with E-state index < -0.39 is 0 Å². The van der Waals surface area contributed by atoms with Crippen molar-refractivity contribution in [2.24, 2.45) is 5.92 Å². The van der Waals surface area contributed by atoms with E-state index in [4.69, 9.17) is 0 Å². The van der Waals surface area contributed by atoms with Crippen LogP contribution in [0.25, 0.3) is 0 Å². The number of piperidine rings is 1. The molecule has 1 aliphatic heterocycles. The van der Waals surface area contributed by atoms with Crippen molar-refractivity contribution in [3.05, 3.63) is 0 Å². The molecular weight excluding hydrogens is 162 g/mol. The summed E-state index contributed by atoms with van der Waals surface area (Å²) in [6, 6.07) is 0.601. The predicted octanol–water partition coefficient (Wildman–Crippen LogP) is 1.68. The van der Waals surface area contributed by atoms with Gasteiger partial charge in [-0.1, -0.05) is 12.8 Å². The second-order valence-electron chi connectivity index (χ2n) is 4.64. The molecular formula is C11H21NO. The zero-order valence-corrected chi connectivity index (χ0v) is 8.34. The molecule has 1 saturated carbocycles. The molecule has 0 aromatic carbocycles. The predicted molar refractivity (Wildman–Crippen MR) is 53.6 cm³/mol. The largest absolute Gasteiger partial charge is 0.393 e. The lowest BCUT2D eigenvalue weighted by atomic mass is 9.78. The van der Waals surface area contributed by atoms with E-state index >= 15 is 0 Å². The lowest BCUT2D eigenvalue weighted by Crippen LogP contribution is -2.39. The van der Waals surface area contributed by atoms with E-state index in [0.29, 0.717) is 12.0 Å². The molecule has 2 unspecified atom stereocenters. The number of aliphatic hydroxyl groups excluding tert-OH is 1. The van der Waals surface area contributed by atoms with Crippen LogP contribution in [0.4, 0.5) is 0 Å². The second-order valence-corrected chi connectivity index (χ2v) is 4.64. The van der Waals surface area contributed by atoms with Crippen LogP contribution < -0.4 is 5.32 Å². The fraction of sp³-hybridized carbons (Fsp3) is 1.00. The molecule has 76 valence electrons. The van der Waals surface area contributed by atoms with Gasteiger partial charge in [0.25, 0.3) is 0 Å². The van der Waals surface area contributed by atoms with Gasteiger partial charge in [-0.05, 0) is 44.6 Å². The zero-order valence-electron chi connectivity index (χ0n) is 8.34. The summed E-state index contributed by atoms with van der Waals surface area (Å²) in [7, 11) is 0. The van der Waals surface area contributed by atoms with Crippen molar-refractivity contribution in [1.29, 1.82) is 0 Å². The molecule has 0 aromatic heterocycles. The average Bonchev–Trinajstić information content (AvgIpc) is 2.02. The Morgan fingerprint density at radius 1 is 1.15 bits per heavy atom. The SMILES string of the molecule is OC(CC1CCCCN1)C1CCC1. The van der Waals surface area contributed by atoms with Crippen molar-refractivity contribution in [2.75, 3.05) is 6.54 Å². The first-order valence-corrected chi connectivity index (χ1v) is 5.78. The molecule has 1 heterocycles. The first-order chi connectivity index (χ1) is 6.36. The normalized spacial score (nSPS) is 32.5. The third-order valence-corrected chi connectivity index (χ3v) is 3.63. The van der Waals surface area contributed by atoms with Crippen LogP contribution in [0.15, 0.2) is 0 Å². The summed E-state index contributed by atoms with van der Waals surface area (Å²) in [5, 5.41) is 13.4. The Labute approximate surface area is 80.7 Å². The molecule has 0 radical (unpaired) electrons. The number of rotatable bonds is 3. The Morgan fingerprint density at radius 3 is 2.54 bits per heavy atom. The van der Waals surface area contributed by atoms with Crippen molar-refractivity contribution in [3.63, 3.8) is 0 Å². The topological polar surface area (TPSA) is 32.3 Å². The highest BCUT2D eigenvalue weighted by Gasteiger charge is 2.27. The Morgan fingerprint density at radius 2 is 2.00 bits per heavy atom. The molecule has 1 aliphatic carbocycles. The van der Waals surface area contributed by atoms with Gasteiger partial charge in [0.1, 0.15) is 0 Å². The maximum atomic E-state index is 9.88. The van der Waals surface area contributed by atoms with E-state index in [1.165, 1.54) is 38.5 Å². The molecule has 2 rings (SSSR count). The van der Waals surface area contributed by atoms with E-state index in [-0.39, 0.29) is 6.10 Å². The van der Waals surface area contributed by atoms with Crippen molar-refractivity contribution >= 4 is 0 Å². The summed E-state index contributed by atoms with van der Waals surface area (Å²) in [5.74, 6) is 0.628. The molecule has 1 saturated heterocycles. The lowest BCUT2D eigenvalue weighted by molar-refractivity contribution is 0.0446. The lowest BCUT2D eigenvalue weighted by Gasteiger charge is -2.33. The maximum absolute atomic E-state index is 9.88. The van der Waals surface area contributed by atoms with Gasteiger partial charge in [-0.25, -0.2) is 0 Å². The van der Waals surface area contributed by atoms with E-state index in [2.05, 4.69) is 5.32 Å². The zero-order chi connectivity index (χ0) is 9.10. The molecule has 2 N–H and O–H groups in total. The number of nitrogens with one attached hydrogen (secondary N) is 1. The van der Waals surface area contributed by atoms with E-state index in [0.717, 1.165) is 13.0 Å². The Bertz CT molecular complexity index is 150. The smallest absolute Gasteiger partial charge is 0.0583 e. The summed E-state index contributed by atoms with van der Waals surface area (Å²) < 4.78 is 0. The standard InChI is InChI=1S/C11H21NO/c13-11(9-4-3-5-9)8-10-6-1-2-7-12-10/h9-13H,1-8H2. The van der Waals surface area contributed by atoms with Gasteiger partial charge in [-0.3, -0.25) is 0 Å². The van der Waals surface area contributed by atoms with Crippen LogP contribution in [0.3, 0.4) is 0 Å². The fourth-order valence-corrected chi connectivity index (χ4v) is 2.43. The maximum Gasteiger partial charge on any atom is 0.0583 e. The Kier molecular flexibility index (Phi) is 3.23. The fourth-order valence-electron chi connectivity index (χ4n) is 2.43.